The van der Waals surface area contributed by atoms with E-state index in [1.165, 1.54) is 9.80 Å². The SMILES string of the molecule is C=CC(=O)N(CC)CC(=O)N1CCN(c2ccc(C(F)(F)F)cc2[N+](=O)[O-])CC1. The van der Waals surface area contributed by atoms with Gasteiger partial charge in [-0.2, -0.15) is 13.2 Å². The van der Waals surface area contributed by atoms with Crippen LogP contribution in [0.3, 0.4) is 0 Å². The Morgan fingerprint density at radius 3 is 2.38 bits per heavy atom. The Kier molecular flexibility index (Phi) is 6.83. The molecule has 11 heteroatoms. The van der Waals surface area contributed by atoms with Gasteiger partial charge >= 0.3 is 6.18 Å². The normalized spacial score (nSPS) is 14.5. The largest absolute Gasteiger partial charge is 0.416 e. The Hall–Kier alpha value is -3.11. The fourth-order valence-electron chi connectivity index (χ4n) is 3.05. The van der Waals surface area contributed by atoms with Gasteiger partial charge in [-0.1, -0.05) is 6.58 Å². The minimum atomic E-state index is -4.68. The molecular formula is C18H21F3N4O4. The molecule has 1 fully saturated rings. The van der Waals surface area contributed by atoms with Gasteiger partial charge < -0.3 is 14.7 Å². The van der Waals surface area contributed by atoms with Gasteiger partial charge in [0.05, 0.1) is 17.0 Å². The van der Waals surface area contributed by atoms with Gasteiger partial charge in [0.25, 0.3) is 5.69 Å². The summed E-state index contributed by atoms with van der Waals surface area (Å²) in [5, 5.41) is 11.3. The number of anilines is 1. The van der Waals surface area contributed by atoms with E-state index < -0.39 is 22.4 Å². The Bertz CT molecular complexity index is 805. The molecule has 0 aromatic heterocycles. The van der Waals surface area contributed by atoms with Crippen molar-refractivity contribution in [2.45, 2.75) is 13.1 Å². The minimum Gasteiger partial charge on any atom is -0.362 e. The molecule has 1 aromatic carbocycles. The first-order valence-electron chi connectivity index (χ1n) is 8.88. The maximum Gasteiger partial charge on any atom is 0.416 e. The molecule has 0 N–H and O–H groups in total. The van der Waals surface area contributed by atoms with Gasteiger partial charge in [-0.3, -0.25) is 19.7 Å². The van der Waals surface area contributed by atoms with Gasteiger partial charge in [0.15, 0.2) is 0 Å². The highest BCUT2D eigenvalue weighted by molar-refractivity contribution is 5.91. The molecule has 0 unspecified atom stereocenters. The summed E-state index contributed by atoms with van der Waals surface area (Å²) in [5.41, 5.74) is -1.64. The maximum atomic E-state index is 12.8. The molecule has 1 heterocycles. The predicted octanol–water partition coefficient (Wildman–Crippen LogP) is 2.30. The van der Waals surface area contributed by atoms with E-state index in [0.717, 1.165) is 18.2 Å². The number of carbonyl (C=O) groups is 2. The number of piperazine rings is 1. The summed E-state index contributed by atoms with van der Waals surface area (Å²) in [4.78, 5) is 38.9. The second-order valence-electron chi connectivity index (χ2n) is 6.38. The van der Waals surface area contributed by atoms with Crippen molar-refractivity contribution in [1.82, 2.24) is 9.80 Å². The Morgan fingerprint density at radius 1 is 1.28 bits per heavy atom. The van der Waals surface area contributed by atoms with E-state index in [9.17, 15) is 32.9 Å². The highest BCUT2D eigenvalue weighted by Gasteiger charge is 2.34. The van der Waals surface area contributed by atoms with Gasteiger partial charge in [-0.15, -0.1) is 0 Å². The van der Waals surface area contributed by atoms with E-state index in [4.69, 9.17) is 0 Å². The molecule has 2 amide bonds. The smallest absolute Gasteiger partial charge is 0.362 e. The van der Waals surface area contributed by atoms with Crippen LogP contribution in [0.5, 0.6) is 0 Å². The zero-order valence-corrected chi connectivity index (χ0v) is 15.8. The maximum absolute atomic E-state index is 12.8. The van der Waals surface area contributed by atoms with Crippen molar-refractivity contribution in [3.63, 3.8) is 0 Å². The van der Waals surface area contributed by atoms with Gasteiger partial charge in [0.1, 0.15) is 5.69 Å². The van der Waals surface area contributed by atoms with Gasteiger partial charge in [0, 0.05) is 38.8 Å². The molecular weight excluding hydrogens is 393 g/mol. The van der Waals surface area contributed by atoms with Crippen LogP contribution in [-0.2, 0) is 15.8 Å². The van der Waals surface area contributed by atoms with E-state index in [2.05, 4.69) is 6.58 Å². The fourth-order valence-corrected chi connectivity index (χ4v) is 3.05. The first kappa shape index (κ1) is 22.2. The number of hydrogen-bond acceptors (Lipinski definition) is 5. The number of hydrogen-bond donors (Lipinski definition) is 0. The zero-order chi connectivity index (χ0) is 21.8. The molecule has 0 aliphatic carbocycles. The highest BCUT2D eigenvalue weighted by Crippen LogP contribution is 2.36. The van der Waals surface area contributed by atoms with Crippen molar-refractivity contribution < 1.29 is 27.7 Å². The second kappa shape index (κ2) is 8.93. The number of alkyl halides is 3. The van der Waals surface area contributed by atoms with Crippen LogP contribution in [0.25, 0.3) is 0 Å². The summed E-state index contributed by atoms with van der Waals surface area (Å²) in [6.07, 6.45) is -3.55. The van der Waals surface area contributed by atoms with Crippen LogP contribution in [0.1, 0.15) is 12.5 Å². The molecule has 158 valence electrons. The Labute approximate surface area is 165 Å². The van der Waals surface area contributed by atoms with Crippen LogP contribution in [0.2, 0.25) is 0 Å². The number of rotatable bonds is 6. The monoisotopic (exact) mass is 414 g/mol. The lowest BCUT2D eigenvalue weighted by Crippen LogP contribution is -2.51. The van der Waals surface area contributed by atoms with E-state index in [1.54, 1.807) is 11.8 Å². The Morgan fingerprint density at radius 2 is 1.90 bits per heavy atom. The highest BCUT2D eigenvalue weighted by atomic mass is 19.4. The van der Waals surface area contributed by atoms with E-state index >= 15 is 0 Å². The molecule has 29 heavy (non-hydrogen) atoms. The molecule has 0 saturated carbocycles. The average Bonchev–Trinajstić information content (AvgIpc) is 2.70. The first-order chi connectivity index (χ1) is 13.6. The summed E-state index contributed by atoms with van der Waals surface area (Å²) in [7, 11) is 0. The predicted molar refractivity (Wildman–Crippen MR) is 99.3 cm³/mol. The number of benzene rings is 1. The van der Waals surface area contributed by atoms with Crippen molar-refractivity contribution in [1.29, 1.82) is 0 Å². The standard InChI is InChI=1S/C18H21F3N4O4/c1-3-16(26)22(4-2)12-17(27)24-9-7-23(8-10-24)14-6-5-13(18(19,20)21)11-15(14)25(28)29/h3,5-6,11H,1,4,7-10,12H2,2H3. The summed E-state index contributed by atoms with van der Waals surface area (Å²) in [6.45, 7) is 6.26. The third-order valence-electron chi connectivity index (χ3n) is 4.67. The summed E-state index contributed by atoms with van der Waals surface area (Å²) in [5.74, 6) is -0.636. The summed E-state index contributed by atoms with van der Waals surface area (Å²) < 4.78 is 38.5. The van der Waals surface area contributed by atoms with Gasteiger partial charge in [-0.25, -0.2) is 0 Å². The molecule has 1 saturated heterocycles. The van der Waals surface area contributed by atoms with Crippen molar-refractivity contribution in [2.75, 3.05) is 44.2 Å². The van der Waals surface area contributed by atoms with Gasteiger partial charge in [-0.05, 0) is 25.1 Å². The third kappa shape index (κ3) is 5.24. The van der Waals surface area contributed by atoms with E-state index in [-0.39, 0.29) is 50.2 Å². The van der Waals surface area contributed by atoms with Crippen LogP contribution in [0.4, 0.5) is 24.5 Å². The lowest BCUT2D eigenvalue weighted by Gasteiger charge is -2.36. The number of halogens is 3. The number of amides is 2. The Balaban J connectivity index is 2.09. The average molecular weight is 414 g/mol. The molecule has 0 radical (unpaired) electrons. The third-order valence-corrected chi connectivity index (χ3v) is 4.67. The number of nitrogens with zero attached hydrogens (tertiary/aromatic N) is 4. The fraction of sp³-hybridized carbons (Fsp3) is 0.444. The molecule has 8 nitrogen and oxygen atoms in total. The lowest BCUT2D eigenvalue weighted by molar-refractivity contribution is -0.384. The molecule has 0 spiro atoms. The topological polar surface area (TPSA) is 87.0 Å². The van der Waals surface area contributed by atoms with Crippen LogP contribution >= 0.6 is 0 Å². The summed E-state index contributed by atoms with van der Waals surface area (Å²) in [6, 6.07) is 2.41. The molecule has 0 bridgehead atoms. The second-order valence-corrected chi connectivity index (χ2v) is 6.38. The van der Waals surface area contributed by atoms with Crippen molar-refractivity contribution in [3.05, 3.63) is 46.5 Å². The van der Waals surface area contributed by atoms with Crippen LogP contribution in [0.15, 0.2) is 30.9 Å². The zero-order valence-electron chi connectivity index (χ0n) is 15.8. The van der Waals surface area contributed by atoms with Crippen molar-refractivity contribution >= 4 is 23.2 Å². The van der Waals surface area contributed by atoms with Crippen molar-refractivity contribution in [2.24, 2.45) is 0 Å². The van der Waals surface area contributed by atoms with Crippen LogP contribution in [0, 0.1) is 10.1 Å². The minimum absolute atomic E-state index is 0.0760. The molecule has 1 aliphatic heterocycles. The summed E-state index contributed by atoms with van der Waals surface area (Å²) >= 11 is 0. The van der Waals surface area contributed by atoms with E-state index in [0.29, 0.717) is 12.6 Å². The molecule has 1 aliphatic rings. The molecule has 0 atom stereocenters. The number of carbonyl (C=O) groups excluding carboxylic acids is 2. The molecule has 2 rings (SSSR count). The first-order valence-corrected chi connectivity index (χ1v) is 8.88. The number of nitro benzene ring substituents is 1. The number of nitro groups is 1. The quantitative estimate of drug-likeness (QED) is 0.405. The van der Waals surface area contributed by atoms with Crippen LogP contribution in [-0.4, -0.2) is 65.8 Å². The lowest BCUT2D eigenvalue weighted by atomic mass is 10.1. The molecule has 1 aromatic rings. The van der Waals surface area contributed by atoms with Crippen LogP contribution < -0.4 is 4.90 Å². The van der Waals surface area contributed by atoms with E-state index in [1.807, 2.05) is 0 Å². The number of likely N-dealkylation sites (N-methyl/N-ethyl adjacent to an activating group) is 1. The van der Waals surface area contributed by atoms with Gasteiger partial charge in [0.2, 0.25) is 11.8 Å². The van der Waals surface area contributed by atoms with Crippen molar-refractivity contribution in [3.8, 4) is 0 Å².